The summed E-state index contributed by atoms with van der Waals surface area (Å²) in [5, 5.41) is 2.92. The van der Waals surface area contributed by atoms with E-state index in [0.717, 1.165) is 17.0 Å². The van der Waals surface area contributed by atoms with Crippen molar-refractivity contribution in [1.29, 1.82) is 0 Å². The van der Waals surface area contributed by atoms with Gasteiger partial charge in [-0.05, 0) is 31.7 Å². The number of rotatable bonds is 3. The number of carbonyl (C=O) groups excluding carboxylic acids is 2. The highest BCUT2D eigenvalue weighted by atomic mass is 16.6. The Morgan fingerprint density at radius 3 is 2.59 bits per heavy atom. The van der Waals surface area contributed by atoms with Crippen LogP contribution >= 0.6 is 0 Å². The van der Waals surface area contributed by atoms with E-state index in [2.05, 4.69) is 15.3 Å². The number of anilines is 1. The third kappa shape index (κ3) is 3.10. The van der Waals surface area contributed by atoms with Crippen molar-refractivity contribution >= 4 is 17.7 Å². The molecule has 0 bridgehead atoms. The third-order valence-corrected chi connectivity index (χ3v) is 5.97. The topological polar surface area (TPSA) is 84.1 Å². The molecule has 1 aliphatic heterocycles. The van der Waals surface area contributed by atoms with Gasteiger partial charge in [-0.3, -0.25) is 4.79 Å². The summed E-state index contributed by atoms with van der Waals surface area (Å²) in [5.74, 6) is 0.825. The molecule has 2 N–H and O–H groups in total. The zero-order valence-corrected chi connectivity index (χ0v) is 15.9. The molecule has 2 aliphatic rings. The molecule has 29 heavy (non-hydrogen) atoms. The Kier molecular flexibility index (Phi) is 4.19. The van der Waals surface area contributed by atoms with Gasteiger partial charge in [0.2, 0.25) is 5.91 Å². The molecular formula is C23H21N3O3. The van der Waals surface area contributed by atoms with Gasteiger partial charge in [-0.15, -0.1) is 0 Å². The molecule has 2 aromatic carbocycles. The minimum atomic E-state index is -0.572. The second kappa shape index (κ2) is 6.88. The fourth-order valence-electron chi connectivity index (χ4n) is 4.42. The lowest BCUT2D eigenvalue weighted by atomic mass is 9.74. The number of esters is 1. The Bertz CT molecular complexity index is 1070. The fraction of sp³-hybridized carbons (Fsp3) is 0.261. The predicted octanol–water partition coefficient (Wildman–Crippen LogP) is 4.27. The molecule has 1 aliphatic carbocycles. The van der Waals surface area contributed by atoms with Gasteiger partial charge >= 0.3 is 5.97 Å². The molecular weight excluding hydrogens is 366 g/mol. The monoisotopic (exact) mass is 387 g/mol. The first-order valence-electron chi connectivity index (χ1n) is 9.89. The van der Waals surface area contributed by atoms with E-state index in [4.69, 9.17) is 4.74 Å². The quantitative estimate of drug-likeness (QED) is 0.657. The van der Waals surface area contributed by atoms with E-state index in [1.165, 1.54) is 0 Å². The van der Waals surface area contributed by atoms with Crippen molar-refractivity contribution in [3.8, 4) is 11.4 Å². The Morgan fingerprint density at radius 2 is 1.79 bits per heavy atom. The van der Waals surface area contributed by atoms with Gasteiger partial charge < -0.3 is 15.0 Å². The number of aromatic amines is 1. The minimum absolute atomic E-state index is 0.0384. The lowest BCUT2D eigenvalue weighted by Gasteiger charge is -2.35. The molecule has 6 heteroatoms. The van der Waals surface area contributed by atoms with Gasteiger partial charge in [0.15, 0.2) is 5.82 Å². The lowest BCUT2D eigenvalue weighted by Crippen LogP contribution is -2.36. The van der Waals surface area contributed by atoms with Gasteiger partial charge in [0.05, 0.1) is 5.56 Å². The number of ether oxygens (including phenoxy) is 1. The standard InChI is InChI=1S/C23H21N3O3/c27-21(26-19-14-24-20(25-19)15-6-2-1-3-7-15)16-10-12-23(13-11-16)18-9-5-4-8-17(18)22(28)29-23/h1-9,14,16H,10-13H2,(H,24,25)(H,26,27)/t16-,23-. The van der Waals surface area contributed by atoms with E-state index < -0.39 is 5.60 Å². The second-order valence-corrected chi connectivity index (χ2v) is 7.69. The SMILES string of the molecule is O=C1O[C@]2(CC[C@H](C(=O)Nc3c[nH]c(-c4ccccc4)n3)CC2)c2ccccc21. The summed E-state index contributed by atoms with van der Waals surface area (Å²) >= 11 is 0. The molecule has 0 saturated heterocycles. The number of hydrogen-bond acceptors (Lipinski definition) is 4. The summed E-state index contributed by atoms with van der Waals surface area (Å²) in [6, 6.07) is 17.3. The van der Waals surface area contributed by atoms with Crippen LogP contribution in [0.15, 0.2) is 60.8 Å². The number of nitrogens with zero attached hydrogens (tertiary/aromatic N) is 1. The normalized spacial score (nSPS) is 22.9. The Balaban J connectivity index is 1.25. The van der Waals surface area contributed by atoms with Crippen LogP contribution in [0.2, 0.25) is 0 Å². The number of nitrogens with one attached hydrogen (secondary N) is 2. The summed E-state index contributed by atoms with van der Waals surface area (Å²) < 4.78 is 5.77. The van der Waals surface area contributed by atoms with Crippen LogP contribution < -0.4 is 5.32 Å². The molecule has 1 spiro atoms. The molecule has 0 radical (unpaired) electrons. The van der Waals surface area contributed by atoms with Crippen molar-refractivity contribution in [1.82, 2.24) is 9.97 Å². The van der Waals surface area contributed by atoms with Crippen molar-refractivity contribution in [3.05, 3.63) is 71.9 Å². The van der Waals surface area contributed by atoms with Crippen molar-refractivity contribution in [2.45, 2.75) is 31.3 Å². The van der Waals surface area contributed by atoms with Crippen LogP contribution in [0.5, 0.6) is 0 Å². The van der Waals surface area contributed by atoms with E-state index >= 15 is 0 Å². The van der Waals surface area contributed by atoms with Crippen LogP contribution in [0.25, 0.3) is 11.4 Å². The first-order valence-corrected chi connectivity index (χ1v) is 9.89. The number of hydrogen-bond donors (Lipinski definition) is 2. The molecule has 1 fully saturated rings. The zero-order chi connectivity index (χ0) is 19.8. The third-order valence-electron chi connectivity index (χ3n) is 5.97. The highest BCUT2D eigenvalue weighted by molar-refractivity contribution is 5.95. The summed E-state index contributed by atoms with van der Waals surface area (Å²) in [4.78, 5) is 32.5. The smallest absolute Gasteiger partial charge is 0.339 e. The fourth-order valence-corrected chi connectivity index (χ4v) is 4.42. The predicted molar refractivity (Wildman–Crippen MR) is 108 cm³/mol. The molecule has 146 valence electrons. The first-order chi connectivity index (χ1) is 14.1. The van der Waals surface area contributed by atoms with E-state index in [1.807, 2.05) is 54.6 Å². The van der Waals surface area contributed by atoms with E-state index in [1.54, 1.807) is 6.20 Å². The van der Waals surface area contributed by atoms with Crippen molar-refractivity contribution < 1.29 is 14.3 Å². The second-order valence-electron chi connectivity index (χ2n) is 7.69. The van der Waals surface area contributed by atoms with Gasteiger partial charge in [0, 0.05) is 23.2 Å². The summed E-state index contributed by atoms with van der Waals surface area (Å²) in [5.41, 5.74) is 2.01. The highest BCUT2D eigenvalue weighted by Gasteiger charge is 2.48. The Morgan fingerprint density at radius 1 is 1.07 bits per heavy atom. The molecule has 1 amide bonds. The van der Waals surface area contributed by atoms with Crippen LogP contribution in [-0.2, 0) is 15.1 Å². The van der Waals surface area contributed by atoms with E-state index in [9.17, 15) is 9.59 Å². The summed E-state index contributed by atoms with van der Waals surface area (Å²) in [7, 11) is 0. The molecule has 0 unspecified atom stereocenters. The van der Waals surface area contributed by atoms with Gasteiger partial charge in [0.1, 0.15) is 11.4 Å². The Hall–Kier alpha value is -3.41. The van der Waals surface area contributed by atoms with Gasteiger partial charge in [-0.1, -0.05) is 48.5 Å². The minimum Gasteiger partial charge on any atom is -0.451 e. The highest BCUT2D eigenvalue weighted by Crippen LogP contribution is 2.48. The molecule has 1 saturated carbocycles. The maximum absolute atomic E-state index is 12.8. The van der Waals surface area contributed by atoms with Crippen LogP contribution in [0.1, 0.15) is 41.6 Å². The van der Waals surface area contributed by atoms with E-state index in [-0.39, 0.29) is 17.8 Å². The molecule has 0 atom stereocenters. The van der Waals surface area contributed by atoms with E-state index in [0.29, 0.717) is 37.1 Å². The van der Waals surface area contributed by atoms with Gasteiger partial charge in [-0.25, -0.2) is 9.78 Å². The number of benzene rings is 2. The van der Waals surface area contributed by atoms with Crippen LogP contribution in [0.3, 0.4) is 0 Å². The maximum atomic E-state index is 12.8. The number of amides is 1. The number of fused-ring (bicyclic) bond motifs is 2. The first kappa shape index (κ1) is 17.7. The molecule has 3 aromatic rings. The van der Waals surface area contributed by atoms with Crippen molar-refractivity contribution in [2.75, 3.05) is 5.32 Å². The molecule has 1 aromatic heterocycles. The number of H-pyrrole nitrogens is 1. The van der Waals surface area contributed by atoms with Crippen molar-refractivity contribution in [2.24, 2.45) is 5.92 Å². The van der Waals surface area contributed by atoms with Crippen LogP contribution in [-0.4, -0.2) is 21.8 Å². The summed E-state index contributed by atoms with van der Waals surface area (Å²) in [6.07, 6.45) is 4.36. The van der Waals surface area contributed by atoms with Crippen LogP contribution in [0.4, 0.5) is 5.82 Å². The molecule has 6 nitrogen and oxygen atoms in total. The molecule has 5 rings (SSSR count). The Labute approximate surface area is 168 Å². The molecule has 2 heterocycles. The summed E-state index contributed by atoms with van der Waals surface area (Å²) in [6.45, 7) is 0. The number of aromatic nitrogens is 2. The number of carbonyl (C=O) groups is 2. The largest absolute Gasteiger partial charge is 0.451 e. The average Bonchev–Trinajstić information content (AvgIpc) is 3.33. The van der Waals surface area contributed by atoms with Crippen LogP contribution in [0, 0.1) is 5.92 Å². The number of imidazole rings is 1. The maximum Gasteiger partial charge on any atom is 0.339 e. The zero-order valence-electron chi connectivity index (χ0n) is 15.9. The average molecular weight is 387 g/mol. The lowest BCUT2D eigenvalue weighted by molar-refractivity contribution is -0.122. The van der Waals surface area contributed by atoms with Gasteiger partial charge in [0.25, 0.3) is 0 Å². The van der Waals surface area contributed by atoms with Crippen molar-refractivity contribution in [3.63, 3.8) is 0 Å². The van der Waals surface area contributed by atoms with Gasteiger partial charge in [-0.2, -0.15) is 0 Å².